The summed E-state index contributed by atoms with van der Waals surface area (Å²) in [5.41, 5.74) is 4.38. The molecule has 2 N–H and O–H groups in total. The number of ether oxygens (including phenoxy) is 1. The monoisotopic (exact) mass is 407 g/mol. The van der Waals surface area contributed by atoms with Crippen LogP contribution < -0.4 is 5.32 Å². The number of carbonyl (C=O) groups excluding carboxylic acids is 1. The number of hydrogen-bond acceptors (Lipinski definition) is 4. The number of amides is 1. The van der Waals surface area contributed by atoms with Gasteiger partial charge in [0, 0.05) is 30.7 Å². The Morgan fingerprint density at radius 3 is 2.80 bits per heavy atom. The highest BCUT2D eigenvalue weighted by Crippen LogP contribution is 2.31. The summed E-state index contributed by atoms with van der Waals surface area (Å²) < 4.78 is 11.4. The highest BCUT2D eigenvalue weighted by atomic mass is 16.5. The Balaban J connectivity index is 1.38. The van der Waals surface area contributed by atoms with Gasteiger partial charge in [-0.25, -0.2) is 0 Å². The molecule has 2 aromatic heterocycles. The van der Waals surface area contributed by atoms with E-state index in [1.165, 1.54) is 29.5 Å². The normalized spacial score (nSPS) is 18.3. The zero-order valence-electron chi connectivity index (χ0n) is 17.5. The van der Waals surface area contributed by atoms with Crippen LogP contribution in [0.1, 0.15) is 52.0 Å². The number of para-hydroxylation sites is 1. The summed E-state index contributed by atoms with van der Waals surface area (Å²) in [5.74, 6) is 1.74. The first kappa shape index (κ1) is 19.4. The van der Waals surface area contributed by atoms with Gasteiger partial charge in [0.05, 0.1) is 30.3 Å². The lowest BCUT2D eigenvalue weighted by Gasteiger charge is -2.33. The molecule has 0 unspecified atom stereocenters. The predicted molar refractivity (Wildman–Crippen MR) is 116 cm³/mol. The average molecular weight is 408 g/mol. The second-order valence-corrected chi connectivity index (χ2v) is 8.34. The molecule has 1 fully saturated rings. The summed E-state index contributed by atoms with van der Waals surface area (Å²) in [7, 11) is 0. The maximum Gasteiger partial charge on any atom is 0.253 e. The fourth-order valence-corrected chi connectivity index (χ4v) is 4.83. The van der Waals surface area contributed by atoms with Crippen molar-refractivity contribution in [1.82, 2.24) is 15.2 Å². The van der Waals surface area contributed by atoms with E-state index in [0.29, 0.717) is 19.8 Å². The first-order valence-electron chi connectivity index (χ1n) is 11.0. The second kappa shape index (κ2) is 8.28. The third-order valence-corrected chi connectivity index (χ3v) is 6.41. The molecule has 1 aliphatic heterocycles. The second-order valence-electron chi connectivity index (χ2n) is 8.34. The van der Waals surface area contributed by atoms with E-state index in [2.05, 4.69) is 21.3 Å². The molecule has 0 bridgehead atoms. The summed E-state index contributed by atoms with van der Waals surface area (Å²) in [6.45, 7) is 5.53. The van der Waals surface area contributed by atoms with Gasteiger partial charge in [0.2, 0.25) is 0 Å². The standard InChI is InChI=1S/C24H29N3O3/c1-16-9-10-22(30-16)21(27-11-13-29-14-12-27)15-25-24(28)19-7-4-6-18-17-5-2-3-8-20(17)26-23(18)19/h4,6-7,9-10,21,26H,2-3,5,8,11-15H2,1H3,(H,25,28)/t21-/m1/s1. The lowest BCUT2D eigenvalue weighted by Crippen LogP contribution is -2.43. The number of nitrogens with zero attached hydrogens (tertiary/aromatic N) is 1. The van der Waals surface area contributed by atoms with Crippen molar-refractivity contribution < 1.29 is 13.9 Å². The number of aryl methyl sites for hydroxylation is 3. The van der Waals surface area contributed by atoms with Crippen molar-refractivity contribution in [1.29, 1.82) is 0 Å². The van der Waals surface area contributed by atoms with Crippen molar-refractivity contribution in [3.05, 3.63) is 58.7 Å². The van der Waals surface area contributed by atoms with Gasteiger partial charge in [-0.2, -0.15) is 0 Å². The van der Waals surface area contributed by atoms with E-state index in [1.807, 2.05) is 31.2 Å². The van der Waals surface area contributed by atoms with E-state index in [9.17, 15) is 4.79 Å². The molecule has 3 aromatic rings. The summed E-state index contributed by atoms with van der Waals surface area (Å²) in [4.78, 5) is 19.1. The third-order valence-electron chi connectivity index (χ3n) is 6.41. The lowest BCUT2D eigenvalue weighted by atomic mass is 9.95. The van der Waals surface area contributed by atoms with Crippen LogP contribution in [0.2, 0.25) is 0 Å². The van der Waals surface area contributed by atoms with Gasteiger partial charge in [-0.3, -0.25) is 9.69 Å². The number of carbonyl (C=O) groups is 1. The van der Waals surface area contributed by atoms with Gasteiger partial charge in [0.1, 0.15) is 11.5 Å². The SMILES string of the molecule is Cc1ccc([C@@H](CNC(=O)c2cccc3c4c([nH]c23)CCCC4)N2CCOCC2)o1. The molecule has 0 saturated carbocycles. The molecule has 1 aromatic carbocycles. The van der Waals surface area contributed by atoms with E-state index >= 15 is 0 Å². The first-order chi connectivity index (χ1) is 14.7. The Bertz CT molecular complexity index is 1050. The maximum atomic E-state index is 13.2. The average Bonchev–Trinajstić information content (AvgIpc) is 3.38. The molecule has 30 heavy (non-hydrogen) atoms. The van der Waals surface area contributed by atoms with E-state index in [-0.39, 0.29) is 11.9 Å². The first-order valence-corrected chi connectivity index (χ1v) is 11.0. The Kier molecular flexibility index (Phi) is 5.35. The van der Waals surface area contributed by atoms with Crippen LogP contribution in [0.4, 0.5) is 0 Å². The number of hydrogen-bond donors (Lipinski definition) is 2. The fraction of sp³-hybridized carbons (Fsp3) is 0.458. The largest absolute Gasteiger partial charge is 0.465 e. The molecular formula is C24H29N3O3. The number of fused-ring (bicyclic) bond motifs is 3. The number of aromatic amines is 1. The van der Waals surface area contributed by atoms with Gasteiger partial charge in [0.15, 0.2) is 0 Å². The summed E-state index contributed by atoms with van der Waals surface area (Å²) >= 11 is 0. The van der Waals surface area contributed by atoms with Gasteiger partial charge < -0.3 is 19.5 Å². The molecule has 6 heteroatoms. The molecule has 0 radical (unpaired) electrons. The lowest BCUT2D eigenvalue weighted by molar-refractivity contribution is 0.0117. The summed E-state index contributed by atoms with van der Waals surface area (Å²) in [6, 6.07) is 10.0. The van der Waals surface area contributed by atoms with E-state index < -0.39 is 0 Å². The van der Waals surface area contributed by atoms with Crippen molar-refractivity contribution in [2.75, 3.05) is 32.8 Å². The molecule has 1 saturated heterocycles. The van der Waals surface area contributed by atoms with Crippen molar-refractivity contribution >= 4 is 16.8 Å². The van der Waals surface area contributed by atoms with E-state index in [4.69, 9.17) is 9.15 Å². The summed E-state index contributed by atoms with van der Waals surface area (Å²) in [6.07, 6.45) is 4.60. The molecule has 0 spiro atoms. The van der Waals surface area contributed by atoms with E-state index in [1.54, 1.807) is 0 Å². The fourth-order valence-electron chi connectivity index (χ4n) is 4.83. The van der Waals surface area contributed by atoms with Crippen LogP contribution >= 0.6 is 0 Å². The minimum atomic E-state index is -0.0410. The Hall–Kier alpha value is -2.57. The Labute approximate surface area is 176 Å². The predicted octanol–water partition coefficient (Wildman–Crippen LogP) is 3.75. The molecule has 6 nitrogen and oxygen atoms in total. The molecule has 1 amide bonds. The van der Waals surface area contributed by atoms with Crippen LogP contribution in [0.25, 0.3) is 10.9 Å². The number of aromatic nitrogens is 1. The van der Waals surface area contributed by atoms with Crippen LogP contribution in [0.3, 0.4) is 0 Å². The molecule has 2 aliphatic rings. The van der Waals surface area contributed by atoms with Gasteiger partial charge in [0.25, 0.3) is 5.91 Å². The van der Waals surface area contributed by atoms with Crippen molar-refractivity contribution in [3.8, 4) is 0 Å². The van der Waals surface area contributed by atoms with E-state index in [0.717, 1.165) is 48.5 Å². The van der Waals surface area contributed by atoms with Crippen LogP contribution in [-0.2, 0) is 17.6 Å². The smallest absolute Gasteiger partial charge is 0.253 e. The number of benzene rings is 1. The van der Waals surface area contributed by atoms with Gasteiger partial charge in [-0.1, -0.05) is 12.1 Å². The number of furan rings is 1. The van der Waals surface area contributed by atoms with Crippen LogP contribution in [0, 0.1) is 6.92 Å². The molecule has 1 atom stereocenters. The zero-order chi connectivity index (χ0) is 20.5. The van der Waals surface area contributed by atoms with Gasteiger partial charge in [-0.15, -0.1) is 0 Å². The van der Waals surface area contributed by atoms with Crippen LogP contribution in [-0.4, -0.2) is 48.6 Å². The molecular weight excluding hydrogens is 378 g/mol. The third kappa shape index (κ3) is 3.66. The molecule has 158 valence electrons. The topological polar surface area (TPSA) is 70.5 Å². The minimum Gasteiger partial charge on any atom is -0.465 e. The Morgan fingerprint density at radius 2 is 2.00 bits per heavy atom. The zero-order valence-corrected chi connectivity index (χ0v) is 17.5. The quantitative estimate of drug-likeness (QED) is 0.676. The highest BCUT2D eigenvalue weighted by Gasteiger charge is 2.26. The number of nitrogens with one attached hydrogen (secondary N) is 2. The molecule has 5 rings (SSSR count). The van der Waals surface area contributed by atoms with Crippen LogP contribution in [0.15, 0.2) is 34.7 Å². The Morgan fingerprint density at radius 1 is 1.17 bits per heavy atom. The number of H-pyrrole nitrogens is 1. The van der Waals surface area contributed by atoms with Crippen molar-refractivity contribution in [3.63, 3.8) is 0 Å². The number of morpholine rings is 1. The number of rotatable bonds is 5. The van der Waals surface area contributed by atoms with Crippen molar-refractivity contribution in [2.24, 2.45) is 0 Å². The summed E-state index contributed by atoms with van der Waals surface area (Å²) in [5, 5.41) is 4.37. The molecule has 1 aliphatic carbocycles. The minimum absolute atomic E-state index is 0.00241. The van der Waals surface area contributed by atoms with Gasteiger partial charge >= 0.3 is 0 Å². The maximum absolute atomic E-state index is 13.2. The van der Waals surface area contributed by atoms with Crippen LogP contribution in [0.5, 0.6) is 0 Å². The van der Waals surface area contributed by atoms with Gasteiger partial charge in [-0.05, 0) is 56.4 Å². The highest BCUT2D eigenvalue weighted by molar-refractivity contribution is 6.06. The van der Waals surface area contributed by atoms with Crippen molar-refractivity contribution in [2.45, 2.75) is 38.6 Å². The molecule has 3 heterocycles.